The van der Waals surface area contributed by atoms with Crippen LogP contribution in [0.4, 0.5) is 0 Å². The maximum Gasteiger partial charge on any atom is 0.252 e. The standard InChI is InChI=1S/C21H24N2O3/c1-14(2)23-11-10-16-17(6-5-7-18(16)23)21(24)22-13-15-8-9-19(25-3)20(12-15)26-4/h5-12,14H,13H2,1-4H3,(H,22,24). The van der Waals surface area contributed by atoms with Gasteiger partial charge in [-0.3, -0.25) is 4.79 Å². The van der Waals surface area contributed by atoms with Crippen molar-refractivity contribution in [2.24, 2.45) is 0 Å². The van der Waals surface area contributed by atoms with Gasteiger partial charge in [0.15, 0.2) is 11.5 Å². The van der Waals surface area contributed by atoms with E-state index in [0.717, 1.165) is 16.5 Å². The molecule has 3 rings (SSSR count). The van der Waals surface area contributed by atoms with Crippen LogP contribution in [-0.4, -0.2) is 24.7 Å². The first kappa shape index (κ1) is 17.9. The minimum atomic E-state index is -0.0908. The minimum absolute atomic E-state index is 0.0908. The molecule has 0 bridgehead atoms. The molecule has 0 aliphatic carbocycles. The summed E-state index contributed by atoms with van der Waals surface area (Å²) >= 11 is 0. The third-order valence-corrected chi connectivity index (χ3v) is 4.47. The van der Waals surface area contributed by atoms with Crippen LogP contribution in [0.3, 0.4) is 0 Å². The maximum atomic E-state index is 12.7. The quantitative estimate of drug-likeness (QED) is 0.724. The van der Waals surface area contributed by atoms with Crippen molar-refractivity contribution < 1.29 is 14.3 Å². The van der Waals surface area contributed by atoms with E-state index < -0.39 is 0 Å². The van der Waals surface area contributed by atoms with E-state index in [2.05, 4.69) is 23.7 Å². The van der Waals surface area contributed by atoms with E-state index in [1.54, 1.807) is 14.2 Å². The molecule has 1 N–H and O–H groups in total. The highest BCUT2D eigenvalue weighted by atomic mass is 16.5. The number of benzene rings is 2. The summed E-state index contributed by atoms with van der Waals surface area (Å²) in [6.07, 6.45) is 2.03. The van der Waals surface area contributed by atoms with Crippen LogP contribution in [0.1, 0.15) is 35.8 Å². The topological polar surface area (TPSA) is 52.5 Å². The Morgan fingerprint density at radius 1 is 1.08 bits per heavy atom. The summed E-state index contributed by atoms with van der Waals surface area (Å²) in [5, 5.41) is 3.95. The Morgan fingerprint density at radius 3 is 2.54 bits per heavy atom. The summed E-state index contributed by atoms with van der Waals surface area (Å²) in [5.41, 5.74) is 2.70. The van der Waals surface area contributed by atoms with Crippen LogP contribution in [0, 0.1) is 0 Å². The van der Waals surface area contributed by atoms with Gasteiger partial charge < -0.3 is 19.4 Å². The first-order valence-corrected chi connectivity index (χ1v) is 8.63. The second-order valence-corrected chi connectivity index (χ2v) is 6.43. The molecule has 0 fully saturated rings. The van der Waals surface area contributed by atoms with Crippen molar-refractivity contribution in [3.63, 3.8) is 0 Å². The van der Waals surface area contributed by atoms with Gasteiger partial charge >= 0.3 is 0 Å². The molecule has 0 aliphatic heterocycles. The van der Waals surface area contributed by atoms with E-state index in [9.17, 15) is 4.79 Å². The first-order chi connectivity index (χ1) is 12.5. The summed E-state index contributed by atoms with van der Waals surface area (Å²) in [7, 11) is 3.20. The molecule has 3 aromatic rings. The number of nitrogens with one attached hydrogen (secondary N) is 1. The summed E-state index contributed by atoms with van der Waals surface area (Å²) < 4.78 is 12.7. The molecule has 26 heavy (non-hydrogen) atoms. The average molecular weight is 352 g/mol. The third-order valence-electron chi connectivity index (χ3n) is 4.47. The second kappa shape index (κ2) is 7.52. The van der Waals surface area contributed by atoms with Gasteiger partial charge in [-0.2, -0.15) is 0 Å². The lowest BCUT2D eigenvalue weighted by Crippen LogP contribution is -2.23. The van der Waals surface area contributed by atoms with Gasteiger partial charge in [0.1, 0.15) is 0 Å². The van der Waals surface area contributed by atoms with Crippen molar-refractivity contribution in [3.8, 4) is 11.5 Å². The largest absolute Gasteiger partial charge is 0.493 e. The fourth-order valence-corrected chi connectivity index (χ4v) is 3.10. The highest BCUT2D eigenvalue weighted by Gasteiger charge is 2.13. The molecule has 2 aromatic carbocycles. The molecule has 1 amide bonds. The van der Waals surface area contributed by atoms with Crippen LogP contribution in [0.5, 0.6) is 11.5 Å². The molecular formula is C21H24N2O3. The number of ether oxygens (including phenoxy) is 2. The number of amides is 1. The van der Waals surface area contributed by atoms with Crippen LogP contribution >= 0.6 is 0 Å². The first-order valence-electron chi connectivity index (χ1n) is 8.63. The molecular weight excluding hydrogens is 328 g/mol. The number of rotatable bonds is 6. The van der Waals surface area contributed by atoms with Crippen molar-refractivity contribution >= 4 is 16.8 Å². The van der Waals surface area contributed by atoms with Gasteiger partial charge in [-0.15, -0.1) is 0 Å². The molecule has 0 atom stereocenters. The molecule has 5 heteroatoms. The number of carbonyl (C=O) groups is 1. The van der Waals surface area contributed by atoms with Gasteiger partial charge in [0.25, 0.3) is 5.91 Å². The number of hydrogen-bond acceptors (Lipinski definition) is 3. The van der Waals surface area contributed by atoms with Crippen molar-refractivity contribution in [3.05, 3.63) is 59.8 Å². The fourth-order valence-electron chi connectivity index (χ4n) is 3.10. The number of carbonyl (C=O) groups excluding carboxylic acids is 1. The molecule has 0 saturated heterocycles. The maximum absolute atomic E-state index is 12.7. The molecule has 1 aromatic heterocycles. The number of methoxy groups -OCH3 is 2. The molecule has 1 heterocycles. The Hall–Kier alpha value is -2.95. The van der Waals surface area contributed by atoms with E-state index in [-0.39, 0.29) is 5.91 Å². The van der Waals surface area contributed by atoms with Crippen molar-refractivity contribution in [2.75, 3.05) is 14.2 Å². The Kier molecular flexibility index (Phi) is 5.16. The van der Waals surface area contributed by atoms with Crippen LogP contribution in [0.15, 0.2) is 48.7 Å². The Balaban J connectivity index is 1.80. The van der Waals surface area contributed by atoms with Gasteiger partial charge in [-0.1, -0.05) is 12.1 Å². The van der Waals surface area contributed by atoms with E-state index >= 15 is 0 Å². The summed E-state index contributed by atoms with van der Waals surface area (Å²) in [6, 6.07) is 13.8. The highest BCUT2D eigenvalue weighted by molar-refractivity contribution is 6.06. The molecule has 0 saturated carbocycles. The van der Waals surface area contributed by atoms with Gasteiger partial charge in [0.2, 0.25) is 0 Å². The van der Waals surface area contributed by atoms with Gasteiger partial charge in [0, 0.05) is 35.2 Å². The lowest BCUT2D eigenvalue weighted by atomic mass is 10.1. The summed E-state index contributed by atoms with van der Waals surface area (Å²) in [5.74, 6) is 1.23. The predicted molar refractivity (Wildman–Crippen MR) is 103 cm³/mol. The molecule has 5 nitrogen and oxygen atoms in total. The normalized spacial score (nSPS) is 11.0. The number of nitrogens with zero attached hydrogens (tertiary/aromatic N) is 1. The number of hydrogen-bond donors (Lipinski definition) is 1. The van der Waals surface area contributed by atoms with Gasteiger partial charge in [-0.25, -0.2) is 0 Å². The van der Waals surface area contributed by atoms with Gasteiger partial charge in [-0.05, 0) is 49.7 Å². The van der Waals surface area contributed by atoms with Crippen molar-refractivity contribution in [1.82, 2.24) is 9.88 Å². The number of aromatic nitrogens is 1. The monoisotopic (exact) mass is 352 g/mol. The van der Waals surface area contributed by atoms with E-state index in [1.165, 1.54) is 0 Å². The Bertz CT molecular complexity index is 928. The molecule has 136 valence electrons. The van der Waals surface area contributed by atoms with Crippen molar-refractivity contribution in [2.45, 2.75) is 26.4 Å². The minimum Gasteiger partial charge on any atom is -0.493 e. The molecule has 0 radical (unpaired) electrons. The third kappa shape index (κ3) is 3.38. The predicted octanol–water partition coefficient (Wildman–Crippen LogP) is 4.17. The molecule has 0 unspecified atom stereocenters. The zero-order chi connectivity index (χ0) is 18.7. The van der Waals surface area contributed by atoms with Crippen LogP contribution in [0.25, 0.3) is 10.9 Å². The molecule has 0 aliphatic rings. The van der Waals surface area contributed by atoms with Crippen LogP contribution in [-0.2, 0) is 6.54 Å². The highest BCUT2D eigenvalue weighted by Crippen LogP contribution is 2.28. The van der Waals surface area contributed by atoms with Crippen LogP contribution < -0.4 is 14.8 Å². The summed E-state index contributed by atoms with van der Waals surface area (Å²) in [6.45, 7) is 4.67. The van der Waals surface area contributed by atoms with Crippen LogP contribution in [0.2, 0.25) is 0 Å². The smallest absolute Gasteiger partial charge is 0.252 e. The zero-order valence-corrected chi connectivity index (χ0v) is 15.6. The average Bonchev–Trinajstić information content (AvgIpc) is 3.10. The Morgan fingerprint density at radius 2 is 1.85 bits per heavy atom. The number of fused-ring (bicyclic) bond motifs is 1. The van der Waals surface area contributed by atoms with E-state index in [0.29, 0.717) is 29.6 Å². The molecule has 0 spiro atoms. The van der Waals surface area contributed by atoms with E-state index in [4.69, 9.17) is 9.47 Å². The summed E-state index contributed by atoms with van der Waals surface area (Å²) in [4.78, 5) is 12.7. The van der Waals surface area contributed by atoms with Crippen molar-refractivity contribution in [1.29, 1.82) is 0 Å². The zero-order valence-electron chi connectivity index (χ0n) is 15.6. The SMILES string of the molecule is COc1ccc(CNC(=O)c2cccc3c2ccn3C(C)C)cc1OC. The lowest BCUT2D eigenvalue weighted by molar-refractivity contribution is 0.0952. The second-order valence-electron chi connectivity index (χ2n) is 6.43. The fraction of sp³-hybridized carbons (Fsp3) is 0.286. The lowest BCUT2D eigenvalue weighted by Gasteiger charge is -2.12. The Labute approximate surface area is 153 Å². The van der Waals surface area contributed by atoms with Gasteiger partial charge in [0.05, 0.1) is 14.2 Å². The van der Waals surface area contributed by atoms with E-state index in [1.807, 2.05) is 48.7 Å².